The number of fused-ring (bicyclic) bond motifs is 1. The summed E-state index contributed by atoms with van der Waals surface area (Å²) in [7, 11) is 0. The summed E-state index contributed by atoms with van der Waals surface area (Å²) >= 11 is 2.02. The van der Waals surface area contributed by atoms with E-state index in [-0.39, 0.29) is 5.56 Å². The number of unbranched alkanes of at least 4 members (excludes halogenated alkanes) is 2. The average molecular weight is 415 g/mol. The van der Waals surface area contributed by atoms with Crippen molar-refractivity contribution in [2.24, 2.45) is 0 Å². The van der Waals surface area contributed by atoms with Crippen molar-refractivity contribution in [1.82, 2.24) is 0 Å². The number of ether oxygens (including phenoxy) is 1. The Kier molecular flexibility index (Phi) is 8.21. The molecule has 0 saturated heterocycles. The smallest absolute Gasteiger partial charge is 0.339 e. The minimum Gasteiger partial charge on any atom is -0.493 e. The first kappa shape index (κ1) is 23.3. The topological polar surface area (TPSA) is 46.5 Å². The number of carbonyl (C=O) groups is 1. The van der Waals surface area contributed by atoms with Crippen LogP contribution < -0.4 is 4.74 Å². The van der Waals surface area contributed by atoms with E-state index in [0.717, 1.165) is 19.3 Å². The lowest BCUT2D eigenvalue weighted by Crippen LogP contribution is -2.33. The highest BCUT2D eigenvalue weighted by atomic mass is 32.2. The summed E-state index contributed by atoms with van der Waals surface area (Å²) in [6.07, 6.45) is 4.45. The highest BCUT2D eigenvalue weighted by Crippen LogP contribution is 2.50. The Bertz CT molecular complexity index is 811. The first-order chi connectivity index (χ1) is 13.7. The van der Waals surface area contributed by atoms with E-state index in [1.54, 1.807) is 24.3 Å². The van der Waals surface area contributed by atoms with Crippen molar-refractivity contribution in [2.75, 3.05) is 6.61 Å². The highest BCUT2D eigenvalue weighted by molar-refractivity contribution is 8.00. The van der Waals surface area contributed by atoms with Gasteiger partial charge in [-0.15, -0.1) is 11.8 Å². The molecule has 3 nitrogen and oxygen atoms in total. The molecule has 0 unspecified atom stereocenters. The minimum absolute atomic E-state index is 0.231. The van der Waals surface area contributed by atoms with Crippen LogP contribution in [0.3, 0.4) is 0 Å². The molecule has 0 amide bonds. The molecule has 0 fully saturated rings. The first-order valence-electron chi connectivity index (χ1n) is 10.4. The molecule has 1 aliphatic rings. The van der Waals surface area contributed by atoms with Gasteiger partial charge >= 0.3 is 5.97 Å². The van der Waals surface area contributed by atoms with Crippen LogP contribution in [0.2, 0.25) is 0 Å². The van der Waals surface area contributed by atoms with E-state index >= 15 is 0 Å². The average Bonchev–Trinajstić information content (AvgIpc) is 2.64. The van der Waals surface area contributed by atoms with Crippen molar-refractivity contribution in [3.63, 3.8) is 0 Å². The quantitative estimate of drug-likeness (QED) is 0.508. The third-order valence-electron chi connectivity index (χ3n) is 4.99. The zero-order valence-corrected chi connectivity index (χ0v) is 19.1. The molecule has 4 heteroatoms. The molecule has 1 heterocycles. The van der Waals surface area contributed by atoms with E-state index in [4.69, 9.17) is 9.84 Å². The molecule has 1 N–H and O–H groups in total. The normalized spacial score (nSPS) is 16.2. The number of thioether (sulfide) groups is 1. The molecule has 1 aliphatic heterocycles. The number of para-hydroxylation sites is 1. The molecule has 29 heavy (non-hydrogen) atoms. The Morgan fingerprint density at radius 3 is 2.38 bits per heavy atom. The molecule has 0 atom stereocenters. The number of carboxylic acid groups (broad SMARTS) is 1. The number of hydrogen-bond acceptors (Lipinski definition) is 3. The Balaban J connectivity index is 0.000000207. The number of benzene rings is 2. The molecule has 0 spiro atoms. The Hall–Kier alpha value is -1.94. The number of carboxylic acids is 1. The Morgan fingerprint density at radius 1 is 1.03 bits per heavy atom. The summed E-state index contributed by atoms with van der Waals surface area (Å²) in [5.74, 6) is -0.484. The molecule has 2 aromatic carbocycles. The summed E-state index contributed by atoms with van der Waals surface area (Å²) in [6.45, 7) is 12.1. The second-order valence-corrected chi connectivity index (χ2v) is 10.5. The zero-order chi connectivity index (χ0) is 21.5. The number of hydrogen-bond donors (Lipinski definition) is 1. The molecule has 158 valence electrons. The monoisotopic (exact) mass is 414 g/mol. The van der Waals surface area contributed by atoms with Crippen LogP contribution in [0.15, 0.2) is 53.4 Å². The van der Waals surface area contributed by atoms with Crippen molar-refractivity contribution in [3.05, 3.63) is 59.7 Å². The maximum Gasteiger partial charge on any atom is 0.339 e. The maximum atomic E-state index is 10.8. The minimum atomic E-state index is -0.943. The predicted octanol–water partition coefficient (Wildman–Crippen LogP) is 7.19. The molecular formula is C25H34O3S. The number of aromatic carboxylic acids is 1. The first-order valence-corrected chi connectivity index (χ1v) is 11.2. The summed E-state index contributed by atoms with van der Waals surface area (Å²) in [5, 5.41) is 8.89. The van der Waals surface area contributed by atoms with Crippen LogP contribution in [0.5, 0.6) is 5.75 Å². The Labute approximate surface area is 179 Å². The molecule has 3 rings (SSSR count). The van der Waals surface area contributed by atoms with Crippen LogP contribution in [0, 0.1) is 0 Å². The van der Waals surface area contributed by atoms with Gasteiger partial charge in [0.2, 0.25) is 0 Å². The molecule has 0 saturated carbocycles. The van der Waals surface area contributed by atoms with Gasteiger partial charge in [0, 0.05) is 9.64 Å². The second-order valence-electron chi connectivity index (χ2n) is 8.78. The fraction of sp³-hybridized carbons (Fsp3) is 0.480. The SMILES string of the molecule is CC1(C)CC(C)(C)c2ccccc2S1.CCCCCOc1ccccc1C(=O)O. The van der Waals surface area contributed by atoms with Crippen molar-refractivity contribution in [3.8, 4) is 5.75 Å². The van der Waals surface area contributed by atoms with E-state index in [0.29, 0.717) is 22.5 Å². The van der Waals surface area contributed by atoms with Crippen LogP contribution in [-0.4, -0.2) is 22.4 Å². The van der Waals surface area contributed by atoms with Gasteiger partial charge < -0.3 is 9.84 Å². The van der Waals surface area contributed by atoms with Gasteiger partial charge in [-0.05, 0) is 42.0 Å². The van der Waals surface area contributed by atoms with E-state index in [1.807, 2.05) is 11.8 Å². The molecule has 0 bridgehead atoms. The van der Waals surface area contributed by atoms with Crippen LogP contribution in [0.1, 0.15) is 76.2 Å². The fourth-order valence-electron chi connectivity index (χ4n) is 3.91. The lowest BCUT2D eigenvalue weighted by molar-refractivity contribution is 0.0692. The Morgan fingerprint density at radius 2 is 1.69 bits per heavy atom. The van der Waals surface area contributed by atoms with Gasteiger partial charge in [-0.25, -0.2) is 4.79 Å². The van der Waals surface area contributed by atoms with Gasteiger partial charge in [0.25, 0.3) is 0 Å². The number of rotatable bonds is 6. The summed E-state index contributed by atoms with van der Waals surface area (Å²) in [4.78, 5) is 12.3. The lowest BCUT2D eigenvalue weighted by atomic mass is 9.77. The standard InChI is InChI=1S/C13H18S.C12H16O3/c1-12(2)9-13(3,4)14-11-8-6-5-7-10(11)12;1-2-3-6-9-15-11-8-5-4-7-10(11)12(13)14/h5-8H,9H2,1-4H3;4-5,7-8H,2-3,6,9H2,1H3,(H,13,14). The molecular weight excluding hydrogens is 380 g/mol. The molecule has 0 radical (unpaired) electrons. The summed E-state index contributed by atoms with van der Waals surface area (Å²) in [6, 6.07) is 15.5. The van der Waals surface area contributed by atoms with Gasteiger partial charge in [0.1, 0.15) is 11.3 Å². The van der Waals surface area contributed by atoms with Gasteiger partial charge in [0.15, 0.2) is 0 Å². The summed E-state index contributed by atoms with van der Waals surface area (Å²) < 4.78 is 5.79. The second kappa shape index (κ2) is 10.2. The van der Waals surface area contributed by atoms with Crippen LogP contribution in [0.4, 0.5) is 0 Å². The fourth-order valence-corrected chi connectivity index (χ4v) is 5.54. The largest absolute Gasteiger partial charge is 0.493 e. The molecule has 0 aliphatic carbocycles. The molecule has 2 aromatic rings. The van der Waals surface area contributed by atoms with E-state index in [2.05, 4.69) is 58.9 Å². The van der Waals surface area contributed by atoms with Crippen LogP contribution in [0.25, 0.3) is 0 Å². The van der Waals surface area contributed by atoms with E-state index in [1.165, 1.54) is 16.9 Å². The third-order valence-corrected chi connectivity index (χ3v) is 6.27. The maximum absolute atomic E-state index is 10.8. The van der Waals surface area contributed by atoms with Crippen molar-refractivity contribution in [1.29, 1.82) is 0 Å². The van der Waals surface area contributed by atoms with Crippen molar-refractivity contribution in [2.45, 2.75) is 75.4 Å². The predicted molar refractivity (Wildman–Crippen MR) is 122 cm³/mol. The van der Waals surface area contributed by atoms with Gasteiger partial charge in [0.05, 0.1) is 6.61 Å². The third kappa shape index (κ3) is 6.81. The van der Waals surface area contributed by atoms with Gasteiger partial charge in [-0.3, -0.25) is 0 Å². The van der Waals surface area contributed by atoms with Crippen LogP contribution in [-0.2, 0) is 5.41 Å². The van der Waals surface area contributed by atoms with Crippen molar-refractivity contribution >= 4 is 17.7 Å². The van der Waals surface area contributed by atoms with E-state index < -0.39 is 5.97 Å². The summed E-state index contributed by atoms with van der Waals surface area (Å²) in [5.41, 5.74) is 2.07. The van der Waals surface area contributed by atoms with Crippen molar-refractivity contribution < 1.29 is 14.6 Å². The highest BCUT2D eigenvalue weighted by Gasteiger charge is 2.37. The lowest BCUT2D eigenvalue weighted by Gasteiger charge is -2.41. The van der Waals surface area contributed by atoms with Crippen LogP contribution >= 0.6 is 11.8 Å². The van der Waals surface area contributed by atoms with Gasteiger partial charge in [-0.1, -0.05) is 77.8 Å². The van der Waals surface area contributed by atoms with Gasteiger partial charge in [-0.2, -0.15) is 0 Å². The van der Waals surface area contributed by atoms with E-state index in [9.17, 15) is 4.79 Å². The zero-order valence-electron chi connectivity index (χ0n) is 18.3. The molecule has 0 aromatic heterocycles.